The van der Waals surface area contributed by atoms with Gasteiger partial charge in [-0.1, -0.05) is 18.2 Å². The van der Waals surface area contributed by atoms with Crippen molar-refractivity contribution in [3.8, 4) is 5.75 Å². The Labute approximate surface area is 188 Å². The fourth-order valence-corrected chi connectivity index (χ4v) is 5.00. The first-order valence-corrected chi connectivity index (χ1v) is 10.4. The molecule has 6 nitrogen and oxygen atoms in total. The van der Waals surface area contributed by atoms with Crippen molar-refractivity contribution >= 4 is 47.2 Å². The number of methoxy groups -OCH3 is 1. The van der Waals surface area contributed by atoms with Gasteiger partial charge < -0.3 is 15.4 Å². The van der Waals surface area contributed by atoms with Crippen LogP contribution in [0.5, 0.6) is 5.75 Å². The van der Waals surface area contributed by atoms with Crippen molar-refractivity contribution < 1.29 is 9.53 Å². The minimum absolute atomic E-state index is 0. The predicted octanol–water partition coefficient (Wildman–Crippen LogP) is 3.46. The molecule has 160 valence electrons. The molecule has 2 N–H and O–H groups in total. The monoisotopic (exact) mass is 458 g/mol. The van der Waals surface area contributed by atoms with E-state index in [4.69, 9.17) is 4.74 Å². The van der Waals surface area contributed by atoms with Crippen LogP contribution in [0.4, 0.5) is 5.13 Å². The largest absolute Gasteiger partial charge is 0.496 e. The van der Waals surface area contributed by atoms with Gasteiger partial charge in [-0.05, 0) is 31.7 Å². The number of piperazine rings is 1. The number of fused-ring (bicyclic) bond motifs is 1. The summed E-state index contributed by atoms with van der Waals surface area (Å²) >= 11 is 1.64. The lowest BCUT2D eigenvalue weighted by molar-refractivity contribution is -0.118. The zero-order valence-corrected chi connectivity index (χ0v) is 18.9. The molecule has 9 heteroatoms. The molecule has 1 fully saturated rings. The molecule has 1 saturated heterocycles. The molecule has 1 aromatic carbocycles. The zero-order chi connectivity index (χ0) is 18.6. The maximum atomic E-state index is 12.7. The molecule has 2 heterocycles. The lowest BCUT2D eigenvalue weighted by atomic mass is 10.0. The molecule has 1 atom stereocenters. The van der Waals surface area contributed by atoms with Crippen LogP contribution in [0.2, 0.25) is 0 Å². The summed E-state index contributed by atoms with van der Waals surface area (Å²) < 4.78 is 5.53. The fraction of sp³-hybridized carbons (Fsp3) is 0.500. The standard InChI is InChI=1S/C20H26N4O2S.2ClH/c1-26-17-8-4-2-6-14(17)16-12-21-10-11-24(16)13-19(25)23-20-22-15-7-3-5-9-18(15)27-20;;/h2,4,6,8,16,21H,3,5,7,9-13H2,1H3,(H,22,23,25);2*1H. The number of rotatable bonds is 5. The molecule has 1 aliphatic carbocycles. The molecule has 4 rings (SSSR count). The van der Waals surface area contributed by atoms with Crippen LogP contribution < -0.4 is 15.4 Å². The van der Waals surface area contributed by atoms with Gasteiger partial charge in [-0.2, -0.15) is 0 Å². The number of nitrogens with zero attached hydrogens (tertiary/aromatic N) is 2. The van der Waals surface area contributed by atoms with Crippen LogP contribution in [0, 0.1) is 0 Å². The number of para-hydroxylation sites is 1. The highest BCUT2D eigenvalue weighted by Gasteiger charge is 2.28. The van der Waals surface area contributed by atoms with Gasteiger partial charge in [0.05, 0.1) is 25.4 Å². The van der Waals surface area contributed by atoms with Gasteiger partial charge in [0.15, 0.2) is 5.13 Å². The van der Waals surface area contributed by atoms with Gasteiger partial charge >= 0.3 is 0 Å². The molecular weight excluding hydrogens is 431 g/mol. The zero-order valence-electron chi connectivity index (χ0n) is 16.5. The van der Waals surface area contributed by atoms with Crippen molar-refractivity contribution in [1.29, 1.82) is 0 Å². The molecule has 0 bridgehead atoms. The number of benzene rings is 1. The number of aryl methyl sites for hydroxylation is 2. The molecule has 1 aromatic heterocycles. The Morgan fingerprint density at radius 2 is 2.10 bits per heavy atom. The second-order valence-corrected chi connectivity index (χ2v) is 8.16. The smallest absolute Gasteiger partial charge is 0.240 e. The number of amides is 1. The molecule has 0 radical (unpaired) electrons. The van der Waals surface area contributed by atoms with E-state index in [1.54, 1.807) is 18.4 Å². The summed E-state index contributed by atoms with van der Waals surface area (Å²) in [6, 6.07) is 8.16. The Hall–Kier alpha value is -1.38. The highest BCUT2D eigenvalue weighted by molar-refractivity contribution is 7.15. The molecule has 29 heavy (non-hydrogen) atoms. The van der Waals surface area contributed by atoms with Crippen LogP contribution in [0.3, 0.4) is 0 Å². The van der Waals surface area contributed by atoms with Gasteiger partial charge in [-0.25, -0.2) is 4.98 Å². The third kappa shape index (κ3) is 5.61. The van der Waals surface area contributed by atoms with E-state index in [0.29, 0.717) is 6.54 Å². The van der Waals surface area contributed by atoms with E-state index in [1.807, 2.05) is 18.2 Å². The lowest BCUT2D eigenvalue weighted by Gasteiger charge is -2.36. The van der Waals surface area contributed by atoms with Crippen molar-refractivity contribution in [3.05, 3.63) is 40.4 Å². The summed E-state index contributed by atoms with van der Waals surface area (Å²) in [5.41, 5.74) is 2.29. The summed E-state index contributed by atoms with van der Waals surface area (Å²) in [5, 5.41) is 7.20. The summed E-state index contributed by atoms with van der Waals surface area (Å²) in [7, 11) is 1.69. The van der Waals surface area contributed by atoms with E-state index in [2.05, 4.69) is 26.6 Å². The second kappa shape index (κ2) is 11.1. The number of carbonyl (C=O) groups excluding carboxylic acids is 1. The molecule has 1 unspecified atom stereocenters. The summed E-state index contributed by atoms with van der Waals surface area (Å²) in [6.45, 7) is 2.86. The van der Waals surface area contributed by atoms with Crippen LogP contribution >= 0.6 is 36.2 Å². The molecule has 0 spiro atoms. The van der Waals surface area contributed by atoms with Gasteiger partial charge in [0.25, 0.3) is 0 Å². The Bertz CT molecular complexity index is 794. The molecule has 2 aliphatic rings. The number of carbonyl (C=O) groups is 1. The number of aromatic nitrogens is 1. The summed E-state index contributed by atoms with van der Waals surface area (Å²) in [5.74, 6) is 0.868. The minimum atomic E-state index is 0. The number of thiazole rings is 1. The third-order valence-electron chi connectivity index (χ3n) is 5.29. The minimum Gasteiger partial charge on any atom is -0.496 e. The van der Waals surface area contributed by atoms with E-state index in [-0.39, 0.29) is 36.8 Å². The van der Waals surface area contributed by atoms with Crippen LogP contribution in [0.15, 0.2) is 24.3 Å². The number of hydrogen-bond acceptors (Lipinski definition) is 6. The van der Waals surface area contributed by atoms with Crippen LogP contribution in [-0.4, -0.2) is 49.1 Å². The second-order valence-electron chi connectivity index (χ2n) is 7.08. The predicted molar refractivity (Wildman–Crippen MR) is 122 cm³/mol. The van der Waals surface area contributed by atoms with Crippen molar-refractivity contribution in [2.75, 3.05) is 38.6 Å². The number of ether oxygens (including phenoxy) is 1. The third-order valence-corrected chi connectivity index (χ3v) is 6.36. The van der Waals surface area contributed by atoms with Gasteiger partial charge in [-0.3, -0.25) is 9.69 Å². The molecule has 1 amide bonds. The average molecular weight is 459 g/mol. The average Bonchev–Trinajstić information content (AvgIpc) is 3.10. The number of anilines is 1. The van der Waals surface area contributed by atoms with E-state index in [9.17, 15) is 4.79 Å². The SMILES string of the molecule is COc1ccccc1C1CNCCN1CC(=O)Nc1nc2c(s1)CCCC2.Cl.Cl. The van der Waals surface area contributed by atoms with Crippen LogP contribution in [0.25, 0.3) is 0 Å². The lowest BCUT2D eigenvalue weighted by Crippen LogP contribution is -2.48. The van der Waals surface area contributed by atoms with E-state index in [1.165, 1.54) is 23.4 Å². The Balaban J connectivity index is 0.00000150. The van der Waals surface area contributed by atoms with E-state index in [0.717, 1.165) is 48.9 Å². The first-order chi connectivity index (χ1) is 13.2. The Morgan fingerprint density at radius 3 is 2.90 bits per heavy atom. The van der Waals surface area contributed by atoms with Crippen LogP contribution in [0.1, 0.15) is 35.0 Å². The van der Waals surface area contributed by atoms with Crippen molar-refractivity contribution in [2.24, 2.45) is 0 Å². The van der Waals surface area contributed by atoms with Crippen molar-refractivity contribution in [2.45, 2.75) is 31.7 Å². The fourth-order valence-electron chi connectivity index (χ4n) is 3.93. The van der Waals surface area contributed by atoms with Gasteiger partial charge in [-0.15, -0.1) is 36.2 Å². The number of nitrogens with one attached hydrogen (secondary N) is 2. The van der Waals surface area contributed by atoms with E-state index >= 15 is 0 Å². The molecule has 1 aliphatic heterocycles. The maximum Gasteiger partial charge on any atom is 0.240 e. The quantitative estimate of drug-likeness (QED) is 0.717. The topological polar surface area (TPSA) is 66.5 Å². The highest BCUT2D eigenvalue weighted by Crippen LogP contribution is 2.31. The van der Waals surface area contributed by atoms with Crippen molar-refractivity contribution in [3.63, 3.8) is 0 Å². The number of hydrogen-bond donors (Lipinski definition) is 2. The van der Waals surface area contributed by atoms with Gasteiger partial charge in [0.1, 0.15) is 5.75 Å². The van der Waals surface area contributed by atoms with Crippen molar-refractivity contribution in [1.82, 2.24) is 15.2 Å². The molecule has 2 aromatic rings. The normalized spacial score (nSPS) is 18.7. The molecule has 0 saturated carbocycles. The number of halogens is 2. The van der Waals surface area contributed by atoms with Gasteiger partial charge in [0, 0.05) is 30.1 Å². The Kier molecular flexibility index (Phi) is 9.17. The Morgan fingerprint density at radius 1 is 1.31 bits per heavy atom. The maximum absolute atomic E-state index is 12.7. The first-order valence-electron chi connectivity index (χ1n) is 9.60. The first kappa shape index (κ1) is 23.9. The molecular formula is C20H28Cl2N4O2S. The van der Waals surface area contributed by atoms with Gasteiger partial charge in [0.2, 0.25) is 5.91 Å². The van der Waals surface area contributed by atoms with Crippen LogP contribution in [-0.2, 0) is 17.6 Å². The summed E-state index contributed by atoms with van der Waals surface area (Å²) in [4.78, 5) is 20.9. The van der Waals surface area contributed by atoms with E-state index < -0.39 is 0 Å². The highest BCUT2D eigenvalue weighted by atomic mass is 35.5. The summed E-state index contributed by atoms with van der Waals surface area (Å²) in [6.07, 6.45) is 4.56.